The van der Waals surface area contributed by atoms with Crippen molar-refractivity contribution in [1.82, 2.24) is 19.6 Å². The summed E-state index contributed by atoms with van der Waals surface area (Å²) in [5.74, 6) is -0.211. The van der Waals surface area contributed by atoms with Crippen LogP contribution in [0.25, 0.3) is 0 Å². The molecule has 0 spiro atoms. The smallest absolute Gasteiger partial charge is 0.369 e. The Bertz CT molecular complexity index is 1820. The third-order valence-electron chi connectivity index (χ3n) is 10.8. The van der Waals surface area contributed by atoms with Crippen molar-refractivity contribution in [3.63, 3.8) is 0 Å². The molecule has 0 N–H and O–H groups in total. The average molecular weight is 688 g/mol. The zero-order valence-electron chi connectivity index (χ0n) is 28.8. The predicted octanol–water partition coefficient (Wildman–Crippen LogP) is 7.47. The van der Waals surface area contributed by atoms with Gasteiger partial charge in [0.25, 0.3) is 0 Å². The Labute approximate surface area is 291 Å². The molecule has 1 saturated heterocycles. The van der Waals surface area contributed by atoms with Crippen molar-refractivity contribution in [2.24, 2.45) is 5.92 Å². The topological polar surface area (TPSA) is 70.9 Å². The number of hydrogen-bond acceptors (Lipinski definition) is 6. The van der Waals surface area contributed by atoms with Crippen molar-refractivity contribution in [3.05, 3.63) is 107 Å². The molecule has 4 aliphatic rings. The highest BCUT2D eigenvalue weighted by Crippen LogP contribution is 2.47. The van der Waals surface area contributed by atoms with Crippen LogP contribution in [-0.2, 0) is 28.2 Å². The molecule has 2 fully saturated rings. The van der Waals surface area contributed by atoms with E-state index in [-0.39, 0.29) is 17.4 Å². The number of para-hydroxylation sites is 1. The van der Waals surface area contributed by atoms with E-state index in [0.717, 1.165) is 69.2 Å². The van der Waals surface area contributed by atoms with Crippen molar-refractivity contribution >= 4 is 17.6 Å². The second-order valence-corrected chi connectivity index (χ2v) is 14.0. The van der Waals surface area contributed by atoms with Crippen LogP contribution in [0, 0.1) is 5.92 Å². The van der Waals surface area contributed by atoms with E-state index < -0.39 is 18.0 Å². The first-order chi connectivity index (χ1) is 24.0. The molecule has 0 radical (unpaired) electrons. The van der Waals surface area contributed by atoms with E-state index in [1.807, 2.05) is 43.5 Å². The van der Waals surface area contributed by atoms with Crippen LogP contribution in [-0.4, -0.2) is 64.0 Å². The van der Waals surface area contributed by atoms with Crippen LogP contribution in [0.15, 0.2) is 73.2 Å². The van der Waals surface area contributed by atoms with E-state index in [9.17, 15) is 22.8 Å². The summed E-state index contributed by atoms with van der Waals surface area (Å²) in [6, 6.07) is 13.1. The number of likely N-dealkylation sites (N-methyl/N-ethyl adjacent to an activating group) is 1. The van der Waals surface area contributed by atoms with Crippen molar-refractivity contribution in [2.75, 3.05) is 31.1 Å². The number of fused-ring (bicyclic) bond motifs is 1. The number of benzene rings is 2. The number of nitrogens with zero attached hydrogens (tertiary/aromatic N) is 5. The van der Waals surface area contributed by atoms with E-state index in [1.54, 1.807) is 4.68 Å². The molecule has 8 nitrogen and oxygen atoms in total. The van der Waals surface area contributed by atoms with Crippen LogP contribution in [0.4, 0.5) is 18.9 Å². The number of piperidine rings is 1. The fourth-order valence-corrected chi connectivity index (χ4v) is 8.21. The van der Waals surface area contributed by atoms with Crippen LogP contribution in [0.5, 0.6) is 0 Å². The molecule has 264 valence electrons. The molecule has 1 amide bonds. The van der Waals surface area contributed by atoms with E-state index >= 15 is 0 Å². The fraction of sp³-hybridized carbons (Fsp3) is 0.462. The molecular formula is C39H44F3N5O3. The Kier molecular flexibility index (Phi) is 9.03. The third-order valence-corrected chi connectivity index (χ3v) is 10.8. The van der Waals surface area contributed by atoms with Crippen LogP contribution >= 0.6 is 0 Å². The maximum atomic E-state index is 12.9. The summed E-state index contributed by atoms with van der Waals surface area (Å²) in [7, 11) is 0. The van der Waals surface area contributed by atoms with Gasteiger partial charge in [0.1, 0.15) is 0 Å². The van der Waals surface area contributed by atoms with Gasteiger partial charge in [0, 0.05) is 68.2 Å². The SMILES string of the molecule is CCc1cc(CN2CC(C)c3cccc(C4(n5cc(C(=O)OC(F)(F)F)cn5)C=CC=CN4CC)c32)ccc1C1CCN(C(=O)C2CC2)CC1. The number of halogens is 3. The number of anilines is 1. The van der Waals surface area contributed by atoms with Crippen molar-refractivity contribution in [3.8, 4) is 0 Å². The van der Waals surface area contributed by atoms with Crippen molar-refractivity contribution in [2.45, 2.75) is 83.3 Å². The van der Waals surface area contributed by atoms with Crippen LogP contribution in [0.3, 0.4) is 0 Å². The Morgan fingerprint density at radius 2 is 1.80 bits per heavy atom. The van der Waals surface area contributed by atoms with Crippen molar-refractivity contribution < 1.29 is 27.5 Å². The molecular weight excluding hydrogens is 643 g/mol. The highest BCUT2D eigenvalue weighted by Gasteiger charge is 2.44. The fourth-order valence-electron chi connectivity index (χ4n) is 8.21. The van der Waals surface area contributed by atoms with Gasteiger partial charge in [-0.05, 0) is 79.4 Å². The number of likely N-dealkylation sites (tertiary alicyclic amines) is 1. The van der Waals surface area contributed by atoms with Crippen LogP contribution < -0.4 is 4.90 Å². The zero-order valence-corrected chi connectivity index (χ0v) is 28.8. The number of hydrogen-bond donors (Lipinski definition) is 0. The molecule has 2 aromatic carbocycles. The number of alkyl halides is 3. The molecule has 2 atom stereocenters. The number of allylic oxidation sites excluding steroid dienone is 2. The summed E-state index contributed by atoms with van der Waals surface area (Å²) >= 11 is 0. The molecule has 1 aliphatic carbocycles. The molecule has 0 bridgehead atoms. The number of carbonyl (C=O) groups excluding carboxylic acids is 2. The lowest BCUT2D eigenvalue weighted by molar-refractivity contribution is -0.291. The first-order valence-corrected chi connectivity index (χ1v) is 17.8. The first-order valence-electron chi connectivity index (χ1n) is 17.8. The summed E-state index contributed by atoms with van der Waals surface area (Å²) in [6.45, 7) is 10.1. The monoisotopic (exact) mass is 687 g/mol. The van der Waals surface area contributed by atoms with E-state index in [2.05, 4.69) is 62.6 Å². The maximum absolute atomic E-state index is 12.9. The molecule has 50 heavy (non-hydrogen) atoms. The summed E-state index contributed by atoms with van der Waals surface area (Å²) in [6.07, 6.45) is 10.1. The number of ether oxygens (including phenoxy) is 1. The quantitative estimate of drug-likeness (QED) is 0.218. The predicted molar refractivity (Wildman–Crippen MR) is 184 cm³/mol. The zero-order chi connectivity index (χ0) is 35.2. The number of aromatic nitrogens is 2. The third kappa shape index (κ3) is 6.31. The largest absolute Gasteiger partial charge is 0.575 e. The maximum Gasteiger partial charge on any atom is 0.575 e. The Morgan fingerprint density at radius 3 is 2.50 bits per heavy atom. The standard InChI is InChI=1S/C39H44F3N5O3/c1-4-28-21-27(11-14-33(28)29-15-19-44(20-16-29)36(48)30-12-13-30)24-45-23-26(3)32-9-8-10-34(35(32)45)38(17-6-7-18-46(38)5-2)47-25-31(22-43-47)37(49)50-39(40,41)42/h6-11,14,17-18,21-22,25-26,29-30H,4-5,12-13,15-16,19-20,23-24H2,1-3H3. The van der Waals surface area contributed by atoms with Crippen LogP contribution in [0.1, 0.15) is 96.5 Å². The summed E-state index contributed by atoms with van der Waals surface area (Å²) < 4.78 is 44.1. The Balaban J connectivity index is 1.20. The van der Waals surface area contributed by atoms with Gasteiger partial charge in [0.05, 0.1) is 11.8 Å². The lowest BCUT2D eigenvalue weighted by atomic mass is 9.85. The average Bonchev–Trinajstić information content (AvgIpc) is 3.75. The highest BCUT2D eigenvalue weighted by molar-refractivity contribution is 5.89. The molecule has 2 unspecified atom stereocenters. The number of carbonyl (C=O) groups is 2. The van der Waals surface area contributed by atoms with Gasteiger partial charge in [0.15, 0.2) is 5.66 Å². The Hall–Kier alpha value is -4.54. The minimum atomic E-state index is -5.10. The minimum absolute atomic E-state index is 0.239. The van der Waals surface area contributed by atoms with Gasteiger partial charge in [-0.1, -0.05) is 56.3 Å². The summed E-state index contributed by atoms with van der Waals surface area (Å²) in [5.41, 5.74) is 5.76. The summed E-state index contributed by atoms with van der Waals surface area (Å²) in [5, 5.41) is 4.48. The van der Waals surface area contributed by atoms with Gasteiger partial charge in [-0.2, -0.15) is 5.10 Å². The highest BCUT2D eigenvalue weighted by atomic mass is 19.4. The van der Waals surface area contributed by atoms with Gasteiger partial charge >= 0.3 is 12.3 Å². The van der Waals surface area contributed by atoms with Gasteiger partial charge in [-0.3, -0.25) is 4.79 Å². The molecule has 1 saturated carbocycles. The molecule has 7 rings (SSSR count). The van der Waals surface area contributed by atoms with Crippen LogP contribution in [0.2, 0.25) is 0 Å². The van der Waals surface area contributed by atoms with E-state index in [4.69, 9.17) is 0 Å². The van der Waals surface area contributed by atoms with Gasteiger partial charge in [-0.15, -0.1) is 13.2 Å². The molecule has 3 aromatic rings. The normalized spacial score (nSPS) is 22.3. The van der Waals surface area contributed by atoms with Crippen molar-refractivity contribution in [1.29, 1.82) is 0 Å². The molecule has 3 aliphatic heterocycles. The first kappa shape index (κ1) is 33.9. The number of esters is 1. The second kappa shape index (κ2) is 13.3. The Morgan fingerprint density at radius 1 is 1.02 bits per heavy atom. The second-order valence-electron chi connectivity index (χ2n) is 14.0. The number of rotatable bonds is 9. The molecule has 11 heteroatoms. The number of amides is 1. The van der Waals surface area contributed by atoms with Gasteiger partial charge < -0.3 is 19.4 Å². The lowest BCUT2D eigenvalue weighted by Gasteiger charge is -2.44. The van der Waals surface area contributed by atoms with E-state index in [1.165, 1.54) is 28.5 Å². The van der Waals surface area contributed by atoms with Gasteiger partial charge in [-0.25, -0.2) is 9.48 Å². The lowest BCUT2D eigenvalue weighted by Crippen LogP contribution is -2.49. The van der Waals surface area contributed by atoms with E-state index in [0.29, 0.717) is 24.9 Å². The molecule has 4 heterocycles. The molecule has 1 aromatic heterocycles. The van der Waals surface area contributed by atoms with Gasteiger partial charge in [0.2, 0.25) is 5.91 Å². The summed E-state index contributed by atoms with van der Waals surface area (Å²) in [4.78, 5) is 31.6. The number of aryl methyl sites for hydroxylation is 1. The minimum Gasteiger partial charge on any atom is -0.369 e.